The molecule has 1 aromatic carbocycles. The number of hydrogen-bond donors (Lipinski definition) is 3. The number of nitrogens with zero attached hydrogens (tertiary/aromatic N) is 1. The minimum atomic E-state index is -0.432. The minimum Gasteiger partial charge on any atom is -0.350 e. The van der Waals surface area contributed by atoms with E-state index in [4.69, 9.17) is 11.6 Å². The highest BCUT2D eigenvalue weighted by molar-refractivity contribution is 6.30. The molecule has 0 aliphatic carbocycles. The van der Waals surface area contributed by atoms with Crippen LogP contribution in [0.3, 0.4) is 0 Å². The molecule has 27 heavy (non-hydrogen) atoms. The van der Waals surface area contributed by atoms with Crippen LogP contribution in [0.25, 0.3) is 0 Å². The molecule has 0 spiro atoms. The largest absolute Gasteiger partial charge is 0.350 e. The first-order valence-electron chi connectivity index (χ1n) is 9.10. The van der Waals surface area contributed by atoms with Gasteiger partial charge in [-0.15, -0.1) is 0 Å². The van der Waals surface area contributed by atoms with E-state index in [2.05, 4.69) is 35.5 Å². The normalized spacial score (nSPS) is 10.7. The van der Waals surface area contributed by atoms with Crippen LogP contribution in [0.4, 0.5) is 0 Å². The Labute approximate surface area is 164 Å². The molecule has 0 atom stereocenters. The van der Waals surface area contributed by atoms with Gasteiger partial charge in [-0.25, -0.2) is 0 Å². The fourth-order valence-electron chi connectivity index (χ4n) is 2.71. The van der Waals surface area contributed by atoms with Crippen molar-refractivity contribution < 1.29 is 14.5 Å². The summed E-state index contributed by atoms with van der Waals surface area (Å²) >= 11 is 5.84. The summed E-state index contributed by atoms with van der Waals surface area (Å²) in [5.74, 6) is -0.687. The molecule has 0 unspecified atom stereocenters. The third-order valence-corrected chi connectivity index (χ3v) is 4.63. The molecule has 0 saturated heterocycles. The molecule has 144 valence electrons. The quantitative estimate of drug-likeness (QED) is 0.603. The Morgan fingerprint density at radius 2 is 1.78 bits per heavy atom. The summed E-state index contributed by atoms with van der Waals surface area (Å²) in [4.78, 5) is 29.5. The first-order valence-corrected chi connectivity index (χ1v) is 9.48. The van der Waals surface area contributed by atoms with Crippen molar-refractivity contribution in [3.63, 3.8) is 0 Å². The van der Waals surface area contributed by atoms with Gasteiger partial charge in [-0.2, -0.15) is 0 Å². The lowest BCUT2D eigenvalue weighted by molar-refractivity contribution is -0.910. The van der Waals surface area contributed by atoms with Crippen LogP contribution in [0.2, 0.25) is 5.02 Å². The van der Waals surface area contributed by atoms with Gasteiger partial charge in [-0.3, -0.25) is 14.6 Å². The van der Waals surface area contributed by atoms with Crippen molar-refractivity contribution in [1.29, 1.82) is 0 Å². The lowest BCUT2D eigenvalue weighted by Gasteiger charge is -2.18. The zero-order valence-electron chi connectivity index (χ0n) is 15.7. The van der Waals surface area contributed by atoms with Gasteiger partial charge in [0.1, 0.15) is 12.2 Å². The van der Waals surface area contributed by atoms with Crippen LogP contribution in [0.5, 0.6) is 0 Å². The minimum absolute atomic E-state index is 0.115. The molecule has 3 N–H and O–H groups in total. The van der Waals surface area contributed by atoms with Gasteiger partial charge in [0.05, 0.1) is 19.6 Å². The standard InChI is InChI=1S/C20H25ClN4O2/c1-3-25(4-2)14-16-8-6-5-7-15(16)12-23-19(26)13-24-20(27)18-11-17(21)9-10-22-18/h5-11H,3-4,12-14H2,1-2H3,(H,23,26)(H,24,27)/p+1. The Hall–Kier alpha value is -2.44. The SMILES string of the molecule is CC[NH+](CC)Cc1ccccc1CNC(=O)CNC(=O)c1cc(Cl)ccn1. The van der Waals surface area contributed by atoms with Gasteiger partial charge < -0.3 is 15.5 Å². The van der Waals surface area contributed by atoms with Gasteiger partial charge in [-0.05, 0) is 31.5 Å². The Morgan fingerprint density at radius 3 is 2.44 bits per heavy atom. The molecule has 0 aliphatic rings. The lowest BCUT2D eigenvalue weighted by atomic mass is 10.1. The molecule has 0 fully saturated rings. The van der Waals surface area contributed by atoms with Crippen molar-refractivity contribution in [1.82, 2.24) is 15.6 Å². The molecule has 1 heterocycles. The zero-order valence-corrected chi connectivity index (χ0v) is 16.5. The zero-order chi connectivity index (χ0) is 19.6. The van der Waals surface area contributed by atoms with E-state index in [1.54, 1.807) is 6.07 Å². The van der Waals surface area contributed by atoms with Gasteiger partial charge in [0, 0.05) is 23.3 Å². The van der Waals surface area contributed by atoms with Crippen LogP contribution < -0.4 is 15.5 Å². The molecule has 1 aromatic heterocycles. The number of pyridine rings is 1. The summed E-state index contributed by atoms with van der Waals surface area (Å²) in [5, 5.41) is 5.83. The number of hydrogen-bond acceptors (Lipinski definition) is 3. The second-order valence-corrected chi connectivity index (χ2v) is 6.66. The Kier molecular flexibility index (Phi) is 8.23. The van der Waals surface area contributed by atoms with E-state index in [0.717, 1.165) is 25.2 Å². The number of amides is 2. The number of carbonyl (C=O) groups is 2. The first kappa shape index (κ1) is 20.9. The monoisotopic (exact) mass is 389 g/mol. The predicted octanol–water partition coefficient (Wildman–Crippen LogP) is 1.21. The fourth-order valence-corrected chi connectivity index (χ4v) is 2.87. The Morgan fingerprint density at radius 1 is 1.07 bits per heavy atom. The van der Waals surface area contributed by atoms with E-state index in [1.807, 2.05) is 18.2 Å². The summed E-state index contributed by atoms with van der Waals surface area (Å²) in [6, 6.07) is 11.1. The second-order valence-electron chi connectivity index (χ2n) is 6.22. The maximum absolute atomic E-state index is 12.1. The summed E-state index contributed by atoms with van der Waals surface area (Å²) in [6.45, 7) is 7.69. The van der Waals surface area contributed by atoms with E-state index >= 15 is 0 Å². The van der Waals surface area contributed by atoms with Gasteiger partial charge in [-0.1, -0.05) is 35.9 Å². The first-order chi connectivity index (χ1) is 13.0. The molecule has 0 radical (unpaired) electrons. The van der Waals surface area contributed by atoms with E-state index < -0.39 is 5.91 Å². The third-order valence-electron chi connectivity index (χ3n) is 4.40. The summed E-state index contributed by atoms with van der Waals surface area (Å²) < 4.78 is 0. The lowest BCUT2D eigenvalue weighted by Crippen LogP contribution is -3.10. The Balaban J connectivity index is 1.86. The van der Waals surface area contributed by atoms with Crippen molar-refractivity contribution in [3.05, 3.63) is 64.4 Å². The number of benzene rings is 1. The molecule has 2 rings (SSSR count). The fraction of sp³-hybridized carbons (Fsp3) is 0.350. The van der Waals surface area contributed by atoms with Crippen LogP contribution in [-0.4, -0.2) is 36.4 Å². The summed E-state index contributed by atoms with van der Waals surface area (Å²) in [5.41, 5.74) is 2.50. The molecular formula is C20H26ClN4O2+. The average Bonchev–Trinajstić information content (AvgIpc) is 2.69. The number of aromatic nitrogens is 1. The van der Waals surface area contributed by atoms with Crippen LogP contribution in [-0.2, 0) is 17.9 Å². The van der Waals surface area contributed by atoms with Crippen LogP contribution >= 0.6 is 11.6 Å². The van der Waals surface area contributed by atoms with E-state index in [1.165, 1.54) is 22.7 Å². The highest BCUT2D eigenvalue weighted by Gasteiger charge is 2.12. The van der Waals surface area contributed by atoms with Crippen molar-refractivity contribution in [2.75, 3.05) is 19.6 Å². The van der Waals surface area contributed by atoms with Crippen molar-refractivity contribution in [2.24, 2.45) is 0 Å². The van der Waals surface area contributed by atoms with Crippen molar-refractivity contribution in [3.8, 4) is 0 Å². The Bertz CT molecular complexity index is 778. The molecule has 7 heteroatoms. The summed E-state index contributed by atoms with van der Waals surface area (Å²) in [6.07, 6.45) is 1.45. The third kappa shape index (κ3) is 6.66. The number of quaternary nitrogens is 1. The van der Waals surface area contributed by atoms with Gasteiger partial charge >= 0.3 is 0 Å². The smallest absolute Gasteiger partial charge is 0.270 e. The average molecular weight is 390 g/mol. The van der Waals surface area contributed by atoms with Crippen LogP contribution in [0, 0.1) is 0 Å². The number of carbonyl (C=O) groups excluding carboxylic acids is 2. The molecule has 0 saturated carbocycles. The highest BCUT2D eigenvalue weighted by Crippen LogP contribution is 2.08. The van der Waals surface area contributed by atoms with Crippen molar-refractivity contribution in [2.45, 2.75) is 26.9 Å². The molecule has 6 nitrogen and oxygen atoms in total. The molecule has 0 aliphatic heterocycles. The summed E-state index contributed by atoms with van der Waals surface area (Å²) in [7, 11) is 0. The topological polar surface area (TPSA) is 75.5 Å². The number of rotatable bonds is 9. The number of nitrogens with one attached hydrogen (secondary N) is 3. The van der Waals surface area contributed by atoms with Gasteiger partial charge in [0.2, 0.25) is 5.91 Å². The van der Waals surface area contributed by atoms with Crippen LogP contribution in [0.1, 0.15) is 35.5 Å². The van der Waals surface area contributed by atoms with E-state index in [0.29, 0.717) is 11.6 Å². The molecule has 2 amide bonds. The molecule has 2 aromatic rings. The predicted molar refractivity (Wildman–Crippen MR) is 106 cm³/mol. The van der Waals surface area contributed by atoms with Gasteiger partial charge in [0.15, 0.2) is 0 Å². The van der Waals surface area contributed by atoms with Gasteiger partial charge in [0.25, 0.3) is 5.91 Å². The highest BCUT2D eigenvalue weighted by atomic mass is 35.5. The molecular weight excluding hydrogens is 364 g/mol. The van der Waals surface area contributed by atoms with Crippen molar-refractivity contribution >= 4 is 23.4 Å². The van der Waals surface area contributed by atoms with E-state index in [-0.39, 0.29) is 18.1 Å². The maximum atomic E-state index is 12.1. The second kappa shape index (κ2) is 10.6. The van der Waals surface area contributed by atoms with E-state index in [9.17, 15) is 9.59 Å². The maximum Gasteiger partial charge on any atom is 0.270 e. The van der Waals surface area contributed by atoms with Crippen LogP contribution in [0.15, 0.2) is 42.6 Å². The molecule has 0 bridgehead atoms. The number of halogens is 1.